The van der Waals surface area contributed by atoms with E-state index in [-0.39, 0.29) is 24.6 Å². The third-order valence-electron chi connectivity index (χ3n) is 4.48. The Balaban J connectivity index is 0.00000147. The summed E-state index contributed by atoms with van der Waals surface area (Å²) in [6.07, 6.45) is 6.38. The first-order valence-corrected chi connectivity index (χ1v) is 7.07. The molecule has 0 unspecified atom stereocenters. The summed E-state index contributed by atoms with van der Waals surface area (Å²) in [6.45, 7) is 3.41. The zero-order valence-electron chi connectivity index (χ0n) is 12.1. The zero-order chi connectivity index (χ0) is 13.3. The molecule has 102 valence electrons. The molecule has 0 aromatic carbocycles. The van der Waals surface area contributed by atoms with Crippen LogP contribution in [0.1, 0.15) is 41.9 Å². The SMILES string of the molecule is O=C([O-])c1cccc(CCN2CC3(CCCC3)C2)n1.[Li+]. The number of carboxylic acids is 1. The van der Waals surface area contributed by atoms with E-state index in [4.69, 9.17) is 0 Å². The van der Waals surface area contributed by atoms with Crippen LogP contribution in [0.3, 0.4) is 0 Å². The maximum Gasteiger partial charge on any atom is 1.00 e. The molecule has 20 heavy (non-hydrogen) atoms. The fourth-order valence-corrected chi connectivity index (χ4v) is 3.51. The van der Waals surface area contributed by atoms with Gasteiger partial charge in [-0.15, -0.1) is 0 Å². The zero-order valence-corrected chi connectivity index (χ0v) is 12.1. The van der Waals surface area contributed by atoms with Gasteiger partial charge in [-0.3, -0.25) is 4.98 Å². The summed E-state index contributed by atoms with van der Waals surface area (Å²) in [5.74, 6) is -1.20. The molecular formula is C15H19LiN2O2. The number of nitrogens with zero attached hydrogens (tertiary/aromatic N) is 2. The molecular weight excluding hydrogens is 247 g/mol. The summed E-state index contributed by atoms with van der Waals surface area (Å²) in [5, 5.41) is 10.7. The number of aromatic nitrogens is 1. The first kappa shape index (κ1) is 15.6. The van der Waals surface area contributed by atoms with E-state index in [1.165, 1.54) is 44.8 Å². The van der Waals surface area contributed by atoms with Crippen LogP contribution in [0.2, 0.25) is 0 Å². The van der Waals surface area contributed by atoms with Crippen molar-refractivity contribution < 1.29 is 28.8 Å². The second-order valence-electron chi connectivity index (χ2n) is 5.97. The molecule has 2 heterocycles. The minimum atomic E-state index is -1.20. The standard InChI is InChI=1S/C15H20N2O2.Li/c18-14(19)13-5-3-4-12(16-13)6-9-17-10-15(11-17)7-1-2-8-15;/h3-5H,1-2,6-11H2,(H,18,19);/q;+1/p-1. The molecule has 1 spiro atoms. The molecule has 2 fully saturated rings. The summed E-state index contributed by atoms with van der Waals surface area (Å²) in [7, 11) is 0. The van der Waals surface area contributed by atoms with Crippen LogP contribution in [0.25, 0.3) is 0 Å². The van der Waals surface area contributed by atoms with Gasteiger partial charge >= 0.3 is 18.9 Å². The van der Waals surface area contributed by atoms with Crippen molar-refractivity contribution in [1.82, 2.24) is 9.88 Å². The van der Waals surface area contributed by atoms with E-state index in [0.717, 1.165) is 18.7 Å². The smallest absolute Gasteiger partial charge is 0.543 e. The Morgan fingerprint density at radius 3 is 2.65 bits per heavy atom. The van der Waals surface area contributed by atoms with Crippen molar-refractivity contribution in [1.29, 1.82) is 0 Å². The number of rotatable bonds is 4. The van der Waals surface area contributed by atoms with E-state index < -0.39 is 5.97 Å². The molecule has 1 saturated carbocycles. The minimum absolute atomic E-state index is 0. The molecule has 3 rings (SSSR count). The molecule has 1 aliphatic heterocycles. The normalized spacial score (nSPS) is 20.4. The fraction of sp³-hybridized carbons (Fsp3) is 0.600. The first-order valence-electron chi connectivity index (χ1n) is 7.07. The van der Waals surface area contributed by atoms with Gasteiger partial charge in [0, 0.05) is 31.7 Å². The number of carbonyl (C=O) groups is 1. The largest absolute Gasteiger partial charge is 1.00 e. The monoisotopic (exact) mass is 266 g/mol. The Kier molecular flexibility index (Phi) is 4.90. The van der Waals surface area contributed by atoms with Gasteiger partial charge in [-0.25, -0.2) is 0 Å². The number of likely N-dealkylation sites (tertiary alicyclic amines) is 1. The van der Waals surface area contributed by atoms with Gasteiger partial charge in [-0.2, -0.15) is 0 Å². The molecule has 1 aromatic rings. The Morgan fingerprint density at radius 2 is 2.00 bits per heavy atom. The molecule has 0 radical (unpaired) electrons. The minimum Gasteiger partial charge on any atom is -0.543 e. The van der Waals surface area contributed by atoms with E-state index in [9.17, 15) is 9.90 Å². The summed E-state index contributed by atoms with van der Waals surface area (Å²) in [5.41, 5.74) is 1.50. The number of hydrogen-bond acceptors (Lipinski definition) is 4. The van der Waals surface area contributed by atoms with Gasteiger partial charge in [0.25, 0.3) is 0 Å². The first-order chi connectivity index (χ1) is 9.17. The van der Waals surface area contributed by atoms with Crippen LogP contribution >= 0.6 is 0 Å². The molecule has 1 aromatic heterocycles. The average molecular weight is 266 g/mol. The summed E-state index contributed by atoms with van der Waals surface area (Å²) in [4.78, 5) is 17.3. The second kappa shape index (κ2) is 6.30. The van der Waals surface area contributed by atoms with E-state index in [0.29, 0.717) is 5.41 Å². The summed E-state index contributed by atoms with van der Waals surface area (Å²) < 4.78 is 0. The van der Waals surface area contributed by atoms with E-state index >= 15 is 0 Å². The van der Waals surface area contributed by atoms with Crippen LogP contribution in [-0.2, 0) is 6.42 Å². The van der Waals surface area contributed by atoms with Crippen LogP contribution in [0.15, 0.2) is 18.2 Å². The van der Waals surface area contributed by atoms with E-state index in [1.807, 2.05) is 6.07 Å². The number of carbonyl (C=O) groups excluding carboxylic acids is 1. The topological polar surface area (TPSA) is 56.3 Å². The maximum absolute atomic E-state index is 10.7. The molecule has 1 aliphatic carbocycles. The van der Waals surface area contributed by atoms with E-state index in [1.54, 1.807) is 6.07 Å². The molecule has 0 atom stereocenters. The fourth-order valence-electron chi connectivity index (χ4n) is 3.51. The van der Waals surface area contributed by atoms with Crippen LogP contribution in [0, 0.1) is 5.41 Å². The van der Waals surface area contributed by atoms with Crippen molar-refractivity contribution in [3.63, 3.8) is 0 Å². The Labute approximate surface area is 131 Å². The Bertz CT molecular complexity index is 479. The summed E-state index contributed by atoms with van der Waals surface area (Å²) >= 11 is 0. The number of pyridine rings is 1. The van der Waals surface area contributed by atoms with Gasteiger partial charge in [0.1, 0.15) is 0 Å². The van der Waals surface area contributed by atoms with E-state index in [2.05, 4.69) is 9.88 Å². The van der Waals surface area contributed by atoms with Gasteiger partial charge in [0.05, 0.1) is 11.7 Å². The van der Waals surface area contributed by atoms with Crippen molar-refractivity contribution in [2.75, 3.05) is 19.6 Å². The van der Waals surface area contributed by atoms with Crippen molar-refractivity contribution in [3.05, 3.63) is 29.6 Å². The third-order valence-corrected chi connectivity index (χ3v) is 4.48. The molecule has 0 bridgehead atoms. The number of carboxylic acid groups (broad SMARTS) is 1. The predicted octanol–water partition coefficient (Wildman–Crippen LogP) is -2.13. The van der Waals surface area contributed by atoms with Gasteiger partial charge in [0.2, 0.25) is 0 Å². The molecule has 5 heteroatoms. The number of hydrogen-bond donors (Lipinski definition) is 0. The predicted molar refractivity (Wildman–Crippen MR) is 69.6 cm³/mol. The second-order valence-corrected chi connectivity index (χ2v) is 5.97. The molecule has 0 amide bonds. The van der Waals surface area contributed by atoms with Gasteiger partial charge < -0.3 is 14.8 Å². The quantitative estimate of drug-likeness (QED) is 0.584. The van der Waals surface area contributed by atoms with Gasteiger partial charge in [0.15, 0.2) is 0 Å². The molecule has 2 aliphatic rings. The molecule has 1 saturated heterocycles. The van der Waals surface area contributed by atoms with Gasteiger partial charge in [-0.1, -0.05) is 18.9 Å². The van der Waals surface area contributed by atoms with Crippen LogP contribution in [0.5, 0.6) is 0 Å². The van der Waals surface area contributed by atoms with Gasteiger partial charge in [-0.05, 0) is 30.4 Å². The van der Waals surface area contributed by atoms with Crippen molar-refractivity contribution in [2.45, 2.75) is 32.1 Å². The Hall–Kier alpha value is -0.823. The third kappa shape index (κ3) is 3.25. The van der Waals surface area contributed by atoms with Crippen molar-refractivity contribution in [3.8, 4) is 0 Å². The van der Waals surface area contributed by atoms with Crippen molar-refractivity contribution in [2.24, 2.45) is 5.41 Å². The molecule has 4 nitrogen and oxygen atoms in total. The maximum atomic E-state index is 10.7. The van der Waals surface area contributed by atoms with Crippen LogP contribution in [-0.4, -0.2) is 35.5 Å². The van der Waals surface area contributed by atoms with Crippen LogP contribution in [0.4, 0.5) is 0 Å². The average Bonchev–Trinajstić information content (AvgIpc) is 2.85. The Morgan fingerprint density at radius 1 is 1.30 bits per heavy atom. The molecule has 0 N–H and O–H groups in total. The number of aromatic carboxylic acids is 1. The summed E-state index contributed by atoms with van der Waals surface area (Å²) in [6, 6.07) is 5.11. The van der Waals surface area contributed by atoms with Crippen molar-refractivity contribution >= 4 is 5.97 Å². The van der Waals surface area contributed by atoms with Crippen LogP contribution < -0.4 is 24.0 Å².